The van der Waals surface area contributed by atoms with Gasteiger partial charge in [0.15, 0.2) is 15.7 Å². The Kier molecular flexibility index (Phi) is 3.65. The lowest BCUT2D eigenvalue weighted by Gasteiger charge is -2.25. The number of hydrogen-bond donors (Lipinski definition) is 3. The molecule has 0 bridgehead atoms. The Labute approximate surface area is 100.0 Å². The fraction of sp³-hybridized carbons (Fsp3) is 0.778. The SMILES string of the molecule is CC(C)(NC(=O)C1CCS(=O)(=O)C1)C(N)=NO. The summed E-state index contributed by atoms with van der Waals surface area (Å²) in [7, 11) is -3.09. The highest BCUT2D eigenvalue weighted by Gasteiger charge is 2.36. The number of nitrogens with one attached hydrogen (secondary N) is 1. The number of sulfone groups is 1. The van der Waals surface area contributed by atoms with E-state index >= 15 is 0 Å². The molecule has 1 saturated heterocycles. The molecule has 98 valence electrons. The fourth-order valence-electron chi connectivity index (χ4n) is 1.60. The van der Waals surface area contributed by atoms with E-state index in [2.05, 4.69) is 10.5 Å². The average Bonchev–Trinajstić information content (AvgIpc) is 2.57. The molecular formula is C9H17N3O4S. The zero-order valence-corrected chi connectivity index (χ0v) is 10.6. The number of carbonyl (C=O) groups excluding carboxylic acids is 1. The van der Waals surface area contributed by atoms with Gasteiger partial charge in [-0.15, -0.1) is 0 Å². The Morgan fingerprint density at radius 1 is 1.53 bits per heavy atom. The maximum absolute atomic E-state index is 11.8. The summed E-state index contributed by atoms with van der Waals surface area (Å²) >= 11 is 0. The van der Waals surface area contributed by atoms with E-state index in [4.69, 9.17) is 10.9 Å². The van der Waals surface area contributed by atoms with Crippen molar-refractivity contribution in [3.63, 3.8) is 0 Å². The highest BCUT2D eigenvalue weighted by molar-refractivity contribution is 7.91. The average molecular weight is 263 g/mol. The summed E-state index contributed by atoms with van der Waals surface area (Å²) in [6.07, 6.45) is 0.320. The predicted molar refractivity (Wildman–Crippen MR) is 62.4 cm³/mol. The molecule has 7 nitrogen and oxygen atoms in total. The van der Waals surface area contributed by atoms with Crippen LogP contribution in [0.1, 0.15) is 20.3 Å². The predicted octanol–water partition coefficient (Wildman–Crippen LogP) is -0.938. The van der Waals surface area contributed by atoms with Crippen molar-refractivity contribution in [3.05, 3.63) is 0 Å². The summed E-state index contributed by atoms with van der Waals surface area (Å²) in [5.41, 5.74) is 4.42. The third-order valence-electron chi connectivity index (χ3n) is 2.79. The van der Waals surface area contributed by atoms with Gasteiger partial charge in [0, 0.05) is 0 Å². The minimum atomic E-state index is -3.09. The highest BCUT2D eigenvalue weighted by Crippen LogP contribution is 2.19. The zero-order chi connectivity index (χ0) is 13.3. The first kappa shape index (κ1) is 13.8. The van der Waals surface area contributed by atoms with Gasteiger partial charge in [-0.3, -0.25) is 4.79 Å². The van der Waals surface area contributed by atoms with Crippen LogP contribution in [0.4, 0.5) is 0 Å². The number of hydrogen-bond acceptors (Lipinski definition) is 5. The number of oxime groups is 1. The van der Waals surface area contributed by atoms with Crippen molar-refractivity contribution in [2.75, 3.05) is 11.5 Å². The second-order valence-electron chi connectivity index (χ2n) is 4.70. The molecule has 0 aliphatic carbocycles. The van der Waals surface area contributed by atoms with Gasteiger partial charge < -0.3 is 16.3 Å². The van der Waals surface area contributed by atoms with Crippen LogP contribution in [0.3, 0.4) is 0 Å². The number of amides is 1. The van der Waals surface area contributed by atoms with Crippen molar-refractivity contribution in [2.45, 2.75) is 25.8 Å². The van der Waals surface area contributed by atoms with E-state index in [0.717, 1.165) is 0 Å². The third kappa shape index (κ3) is 3.32. The minimum Gasteiger partial charge on any atom is -0.409 e. The molecule has 1 aliphatic heterocycles. The van der Waals surface area contributed by atoms with E-state index in [0.29, 0.717) is 6.42 Å². The van der Waals surface area contributed by atoms with Crippen LogP contribution >= 0.6 is 0 Å². The van der Waals surface area contributed by atoms with Gasteiger partial charge >= 0.3 is 0 Å². The van der Waals surface area contributed by atoms with E-state index in [-0.39, 0.29) is 23.2 Å². The Hall–Kier alpha value is -1.31. The standard InChI is InChI=1S/C9H17N3O4S/c1-9(2,8(10)12-14)11-7(13)6-3-4-17(15,16)5-6/h6,14H,3-5H2,1-2H3,(H2,10,12)(H,11,13). The van der Waals surface area contributed by atoms with Crippen molar-refractivity contribution in [1.29, 1.82) is 0 Å². The molecule has 8 heteroatoms. The molecule has 0 spiro atoms. The van der Waals surface area contributed by atoms with E-state index in [1.54, 1.807) is 13.8 Å². The fourth-order valence-corrected chi connectivity index (χ4v) is 3.34. The van der Waals surface area contributed by atoms with Crippen LogP contribution in [-0.4, -0.2) is 42.4 Å². The Morgan fingerprint density at radius 3 is 2.53 bits per heavy atom. The third-order valence-corrected chi connectivity index (χ3v) is 4.55. The molecule has 0 aromatic heterocycles. The first-order valence-corrected chi connectivity index (χ1v) is 7.00. The van der Waals surface area contributed by atoms with E-state index < -0.39 is 21.3 Å². The van der Waals surface area contributed by atoms with Crippen LogP contribution in [0, 0.1) is 5.92 Å². The Bertz CT molecular complexity index is 441. The van der Waals surface area contributed by atoms with E-state index in [9.17, 15) is 13.2 Å². The molecule has 4 N–H and O–H groups in total. The van der Waals surface area contributed by atoms with Crippen LogP contribution in [0.25, 0.3) is 0 Å². The molecule has 1 unspecified atom stereocenters. The van der Waals surface area contributed by atoms with Gasteiger partial charge in [0.25, 0.3) is 0 Å². The van der Waals surface area contributed by atoms with Crippen LogP contribution in [-0.2, 0) is 14.6 Å². The van der Waals surface area contributed by atoms with Crippen LogP contribution in [0.5, 0.6) is 0 Å². The number of amidine groups is 1. The van der Waals surface area contributed by atoms with Gasteiger partial charge in [-0.05, 0) is 20.3 Å². The maximum atomic E-state index is 11.8. The molecule has 0 saturated carbocycles. The van der Waals surface area contributed by atoms with Crippen LogP contribution in [0.15, 0.2) is 5.16 Å². The molecule has 17 heavy (non-hydrogen) atoms. The van der Waals surface area contributed by atoms with Crippen molar-refractivity contribution in [2.24, 2.45) is 16.8 Å². The monoisotopic (exact) mass is 263 g/mol. The van der Waals surface area contributed by atoms with Crippen LogP contribution in [0.2, 0.25) is 0 Å². The summed E-state index contributed by atoms with van der Waals surface area (Å²) < 4.78 is 22.5. The molecule has 0 radical (unpaired) electrons. The zero-order valence-electron chi connectivity index (χ0n) is 9.80. The molecule has 1 heterocycles. The molecule has 1 rings (SSSR count). The van der Waals surface area contributed by atoms with Gasteiger partial charge in [-0.2, -0.15) is 0 Å². The topological polar surface area (TPSA) is 122 Å². The number of carbonyl (C=O) groups is 1. The van der Waals surface area contributed by atoms with Gasteiger partial charge in [-0.1, -0.05) is 5.16 Å². The molecule has 1 aliphatic rings. The molecule has 0 aromatic rings. The number of nitrogens with zero attached hydrogens (tertiary/aromatic N) is 1. The smallest absolute Gasteiger partial charge is 0.224 e. The second kappa shape index (κ2) is 4.52. The Morgan fingerprint density at radius 2 is 2.12 bits per heavy atom. The molecule has 1 atom stereocenters. The largest absolute Gasteiger partial charge is 0.409 e. The van der Waals surface area contributed by atoms with Crippen molar-refractivity contribution < 1.29 is 18.4 Å². The number of nitrogens with two attached hydrogens (primary N) is 1. The van der Waals surface area contributed by atoms with Gasteiger partial charge in [0.2, 0.25) is 5.91 Å². The van der Waals surface area contributed by atoms with Crippen LogP contribution < -0.4 is 11.1 Å². The van der Waals surface area contributed by atoms with Gasteiger partial charge in [0.1, 0.15) is 0 Å². The number of rotatable bonds is 3. The lowest BCUT2D eigenvalue weighted by atomic mass is 10.0. The summed E-state index contributed by atoms with van der Waals surface area (Å²) in [4.78, 5) is 11.8. The first-order valence-electron chi connectivity index (χ1n) is 5.18. The maximum Gasteiger partial charge on any atom is 0.224 e. The van der Waals surface area contributed by atoms with Crippen molar-refractivity contribution in [3.8, 4) is 0 Å². The first-order chi connectivity index (χ1) is 7.68. The van der Waals surface area contributed by atoms with Gasteiger partial charge in [0.05, 0.1) is 23.0 Å². The molecule has 1 amide bonds. The molecule has 0 aromatic carbocycles. The van der Waals surface area contributed by atoms with E-state index in [1.807, 2.05) is 0 Å². The highest BCUT2D eigenvalue weighted by atomic mass is 32.2. The van der Waals surface area contributed by atoms with Crippen molar-refractivity contribution in [1.82, 2.24) is 5.32 Å². The Balaban J connectivity index is 2.68. The molecule has 1 fully saturated rings. The summed E-state index contributed by atoms with van der Waals surface area (Å²) in [6.45, 7) is 3.15. The normalized spacial score (nSPS) is 24.6. The lowest BCUT2D eigenvalue weighted by Crippen LogP contribution is -2.54. The molecular weight excluding hydrogens is 246 g/mol. The quantitative estimate of drug-likeness (QED) is 0.262. The van der Waals surface area contributed by atoms with Crippen molar-refractivity contribution >= 4 is 21.6 Å². The minimum absolute atomic E-state index is 0.0368. The summed E-state index contributed by atoms with van der Waals surface area (Å²) in [6, 6.07) is 0. The summed E-state index contributed by atoms with van der Waals surface area (Å²) in [5, 5.41) is 13.9. The lowest BCUT2D eigenvalue weighted by molar-refractivity contribution is -0.125. The van der Waals surface area contributed by atoms with E-state index in [1.165, 1.54) is 0 Å². The summed E-state index contributed by atoms with van der Waals surface area (Å²) in [5.74, 6) is -1.17. The second-order valence-corrected chi connectivity index (χ2v) is 6.93. The van der Waals surface area contributed by atoms with Gasteiger partial charge in [-0.25, -0.2) is 8.42 Å².